The number of benzene rings is 2. The van der Waals surface area contributed by atoms with E-state index in [1.165, 1.54) is 6.26 Å². The number of hydrogen-bond acceptors (Lipinski definition) is 6. The number of aromatic nitrogens is 2. The molecule has 2 aromatic carbocycles. The van der Waals surface area contributed by atoms with Gasteiger partial charge in [0.15, 0.2) is 0 Å². The molecule has 140 valence electrons. The van der Waals surface area contributed by atoms with Gasteiger partial charge in [0, 0.05) is 25.3 Å². The van der Waals surface area contributed by atoms with Crippen molar-refractivity contribution in [3.05, 3.63) is 60.2 Å². The lowest BCUT2D eigenvalue weighted by Gasteiger charge is -2.19. The standard InChI is InChI=1S/C20H22N4O2S/c1-24(2)19-17(18(21)22-20(23-19)27(3)25)15-10-7-11-16(12-15)26-13-14-8-5-4-6-9-14/h4-12H,13H2,1-3H3,(H2,21,22,23). The number of ether oxygens (including phenoxy) is 1. The summed E-state index contributed by atoms with van der Waals surface area (Å²) in [5.74, 6) is 1.63. The van der Waals surface area contributed by atoms with E-state index >= 15 is 0 Å². The average molecular weight is 382 g/mol. The van der Waals surface area contributed by atoms with Crippen molar-refractivity contribution in [2.75, 3.05) is 31.0 Å². The van der Waals surface area contributed by atoms with E-state index in [0.717, 1.165) is 16.9 Å². The van der Waals surface area contributed by atoms with Crippen LogP contribution in [-0.2, 0) is 17.8 Å². The molecule has 0 fully saturated rings. The predicted octanol–water partition coefficient (Wildman–Crippen LogP) is 3.11. The Morgan fingerprint density at radius 1 is 1.07 bits per heavy atom. The fourth-order valence-corrected chi connectivity index (χ4v) is 3.10. The number of nitrogen functional groups attached to an aromatic ring is 1. The van der Waals surface area contributed by atoms with Gasteiger partial charge in [0.1, 0.15) is 30.2 Å². The molecule has 0 spiro atoms. The third-order valence-corrected chi connectivity index (χ3v) is 4.65. The van der Waals surface area contributed by atoms with E-state index in [9.17, 15) is 4.55 Å². The molecule has 2 N–H and O–H groups in total. The Hall–Kier alpha value is -2.77. The van der Waals surface area contributed by atoms with E-state index in [1.54, 1.807) is 0 Å². The summed E-state index contributed by atoms with van der Waals surface area (Å²) in [4.78, 5) is 10.5. The van der Waals surface area contributed by atoms with E-state index in [2.05, 4.69) is 9.97 Å². The van der Waals surface area contributed by atoms with Gasteiger partial charge in [-0.05, 0) is 23.3 Å². The fraction of sp³-hybridized carbons (Fsp3) is 0.200. The molecule has 7 heteroatoms. The van der Waals surface area contributed by atoms with Crippen molar-refractivity contribution >= 4 is 22.8 Å². The Kier molecular flexibility index (Phi) is 5.83. The molecule has 0 aliphatic heterocycles. The molecule has 0 aliphatic carbocycles. The van der Waals surface area contributed by atoms with Gasteiger partial charge in [0.2, 0.25) is 0 Å². The maximum atomic E-state index is 11.8. The Balaban J connectivity index is 1.94. The van der Waals surface area contributed by atoms with E-state index in [-0.39, 0.29) is 5.16 Å². The second-order valence-corrected chi connectivity index (χ2v) is 7.51. The average Bonchev–Trinajstić information content (AvgIpc) is 2.66. The molecule has 1 unspecified atom stereocenters. The van der Waals surface area contributed by atoms with Gasteiger partial charge in [-0.15, -0.1) is 0 Å². The summed E-state index contributed by atoms with van der Waals surface area (Å²) in [6, 6.07) is 17.6. The number of nitrogens with zero attached hydrogens (tertiary/aromatic N) is 3. The number of anilines is 2. The Bertz CT molecular complexity index is 917. The topological polar surface area (TPSA) is 87.3 Å². The highest BCUT2D eigenvalue weighted by molar-refractivity contribution is 7.90. The second-order valence-electron chi connectivity index (χ2n) is 6.24. The summed E-state index contributed by atoms with van der Waals surface area (Å²) in [7, 11) is 3.73. The molecule has 27 heavy (non-hydrogen) atoms. The zero-order chi connectivity index (χ0) is 19.4. The lowest BCUT2D eigenvalue weighted by Crippen LogP contribution is -2.17. The largest absolute Gasteiger partial charge is 0.609 e. The first-order chi connectivity index (χ1) is 13.0. The molecule has 0 saturated carbocycles. The summed E-state index contributed by atoms with van der Waals surface area (Å²) >= 11 is -1.31. The van der Waals surface area contributed by atoms with E-state index in [0.29, 0.717) is 23.8 Å². The molecule has 0 amide bonds. The third kappa shape index (κ3) is 4.50. The summed E-state index contributed by atoms with van der Waals surface area (Å²) in [6.45, 7) is 0.477. The van der Waals surface area contributed by atoms with Crippen LogP contribution in [0.3, 0.4) is 0 Å². The van der Waals surface area contributed by atoms with Crippen LogP contribution in [0.4, 0.5) is 11.6 Å². The first-order valence-electron chi connectivity index (χ1n) is 8.41. The van der Waals surface area contributed by atoms with Crippen molar-refractivity contribution in [3.63, 3.8) is 0 Å². The lowest BCUT2D eigenvalue weighted by atomic mass is 10.1. The minimum atomic E-state index is -1.31. The summed E-state index contributed by atoms with van der Waals surface area (Å²) < 4.78 is 17.7. The van der Waals surface area contributed by atoms with Gasteiger partial charge in [-0.1, -0.05) is 42.5 Å². The minimum Gasteiger partial charge on any atom is -0.609 e. The lowest BCUT2D eigenvalue weighted by molar-refractivity contribution is 0.306. The molecule has 6 nitrogen and oxygen atoms in total. The molecule has 0 radical (unpaired) electrons. The van der Waals surface area contributed by atoms with Crippen LogP contribution in [0, 0.1) is 0 Å². The highest BCUT2D eigenvalue weighted by atomic mass is 32.2. The van der Waals surface area contributed by atoms with E-state index in [1.807, 2.05) is 73.6 Å². The summed E-state index contributed by atoms with van der Waals surface area (Å²) in [6.07, 6.45) is 1.53. The number of nitrogens with two attached hydrogens (primary N) is 1. The van der Waals surface area contributed by atoms with E-state index in [4.69, 9.17) is 10.5 Å². The highest BCUT2D eigenvalue weighted by Gasteiger charge is 2.20. The molecule has 1 aromatic heterocycles. The third-order valence-electron chi connectivity index (χ3n) is 3.95. The summed E-state index contributed by atoms with van der Waals surface area (Å²) in [5, 5.41) is 0.219. The van der Waals surface area contributed by atoms with Crippen molar-refractivity contribution in [3.8, 4) is 16.9 Å². The smallest absolute Gasteiger partial charge is 0.346 e. The van der Waals surface area contributed by atoms with Crippen molar-refractivity contribution in [1.82, 2.24) is 9.97 Å². The predicted molar refractivity (Wildman–Crippen MR) is 109 cm³/mol. The Labute approximate surface area is 162 Å². The Morgan fingerprint density at radius 3 is 2.48 bits per heavy atom. The van der Waals surface area contributed by atoms with Crippen LogP contribution in [0.2, 0.25) is 0 Å². The van der Waals surface area contributed by atoms with Gasteiger partial charge >= 0.3 is 5.16 Å². The molecular weight excluding hydrogens is 360 g/mol. The van der Waals surface area contributed by atoms with Crippen LogP contribution in [0.25, 0.3) is 11.1 Å². The monoisotopic (exact) mass is 382 g/mol. The number of hydrogen-bond donors (Lipinski definition) is 1. The van der Waals surface area contributed by atoms with Gasteiger partial charge in [-0.3, -0.25) is 0 Å². The minimum absolute atomic E-state index is 0.219. The maximum Gasteiger partial charge on any atom is 0.346 e. The van der Waals surface area contributed by atoms with Crippen LogP contribution in [0.1, 0.15) is 5.56 Å². The first kappa shape index (κ1) is 19.0. The van der Waals surface area contributed by atoms with Crippen molar-refractivity contribution < 1.29 is 9.29 Å². The zero-order valence-corrected chi connectivity index (χ0v) is 16.4. The van der Waals surface area contributed by atoms with Crippen LogP contribution in [0.5, 0.6) is 5.75 Å². The van der Waals surface area contributed by atoms with Crippen LogP contribution in [-0.4, -0.2) is 34.9 Å². The molecule has 0 bridgehead atoms. The van der Waals surface area contributed by atoms with Gasteiger partial charge in [0.05, 0.1) is 5.56 Å². The number of rotatable bonds is 6. The zero-order valence-electron chi connectivity index (χ0n) is 15.5. The molecule has 1 atom stereocenters. The van der Waals surface area contributed by atoms with Crippen LogP contribution < -0.4 is 15.4 Å². The normalized spacial score (nSPS) is 11.9. The van der Waals surface area contributed by atoms with Crippen LogP contribution in [0.15, 0.2) is 59.8 Å². The fourth-order valence-electron chi connectivity index (χ4n) is 2.66. The first-order valence-corrected chi connectivity index (χ1v) is 9.97. The quantitative estimate of drug-likeness (QED) is 0.521. The van der Waals surface area contributed by atoms with Gasteiger partial charge in [-0.25, -0.2) is 0 Å². The SMILES string of the molecule is CN(C)c1nc([S+](C)[O-])nc(N)c1-c1cccc(OCc2ccccc2)c1. The summed E-state index contributed by atoms with van der Waals surface area (Å²) in [5.41, 5.74) is 8.82. The molecule has 0 saturated heterocycles. The second kappa shape index (κ2) is 8.28. The molecule has 0 aliphatic rings. The maximum absolute atomic E-state index is 11.8. The molecule has 1 heterocycles. The molecular formula is C20H22N4O2S. The Morgan fingerprint density at radius 2 is 1.81 bits per heavy atom. The van der Waals surface area contributed by atoms with Crippen molar-refractivity contribution in [1.29, 1.82) is 0 Å². The molecule has 3 aromatic rings. The van der Waals surface area contributed by atoms with Crippen molar-refractivity contribution in [2.24, 2.45) is 0 Å². The van der Waals surface area contributed by atoms with Gasteiger partial charge in [0.25, 0.3) is 0 Å². The van der Waals surface area contributed by atoms with Gasteiger partial charge in [-0.2, -0.15) is 9.97 Å². The van der Waals surface area contributed by atoms with Gasteiger partial charge < -0.3 is 19.9 Å². The van der Waals surface area contributed by atoms with E-state index < -0.39 is 11.2 Å². The van der Waals surface area contributed by atoms with Crippen LogP contribution >= 0.6 is 0 Å². The molecule has 3 rings (SSSR count). The highest BCUT2D eigenvalue weighted by Crippen LogP contribution is 2.35. The van der Waals surface area contributed by atoms with Crippen molar-refractivity contribution in [2.45, 2.75) is 11.8 Å².